The van der Waals surface area contributed by atoms with E-state index in [1.54, 1.807) is 18.2 Å². The molecule has 2 N–H and O–H groups in total. The van der Waals surface area contributed by atoms with Gasteiger partial charge < -0.3 is 10.4 Å². The lowest BCUT2D eigenvalue weighted by atomic mass is 10.1. The number of aryl methyl sites for hydroxylation is 1. The van der Waals surface area contributed by atoms with Gasteiger partial charge in [0.1, 0.15) is 12.4 Å². The van der Waals surface area contributed by atoms with Crippen LogP contribution in [0.1, 0.15) is 21.5 Å². The molecular weight excluding hydrogens is 269 g/mol. The molecule has 21 heavy (non-hydrogen) atoms. The number of hydrogen-bond acceptors (Lipinski definition) is 2. The zero-order valence-corrected chi connectivity index (χ0v) is 11.5. The minimum Gasteiger partial charge on any atom is -0.384 e. The van der Waals surface area contributed by atoms with E-state index in [4.69, 9.17) is 5.11 Å². The molecule has 0 saturated carbocycles. The van der Waals surface area contributed by atoms with E-state index >= 15 is 0 Å². The Morgan fingerprint density at radius 3 is 2.76 bits per heavy atom. The normalized spacial score (nSPS) is 9.67. The lowest BCUT2D eigenvalue weighted by Crippen LogP contribution is -2.13. The van der Waals surface area contributed by atoms with E-state index in [1.807, 2.05) is 13.0 Å². The Morgan fingerprint density at radius 2 is 2.10 bits per heavy atom. The van der Waals surface area contributed by atoms with Crippen LogP contribution >= 0.6 is 0 Å². The van der Waals surface area contributed by atoms with E-state index in [-0.39, 0.29) is 18.1 Å². The molecule has 3 nitrogen and oxygen atoms in total. The second-order valence-corrected chi connectivity index (χ2v) is 4.45. The first-order valence-electron chi connectivity index (χ1n) is 6.37. The highest BCUT2D eigenvalue weighted by atomic mass is 19.1. The van der Waals surface area contributed by atoms with Gasteiger partial charge in [0.15, 0.2) is 0 Å². The number of hydrogen-bond donors (Lipinski definition) is 2. The summed E-state index contributed by atoms with van der Waals surface area (Å²) in [6, 6.07) is 10.8. The summed E-state index contributed by atoms with van der Waals surface area (Å²) in [6.07, 6.45) is 0. The van der Waals surface area contributed by atoms with Crippen molar-refractivity contribution in [2.24, 2.45) is 0 Å². The molecule has 0 unspecified atom stereocenters. The van der Waals surface area contributed by atoms with Crippen LogP contribution in [0.4, 0.5) is 10.1 Å². The summed E-state index contributed by atoms with van der Waals surface area (Å²) in [5, 5.41) is 11.4. The molecule has 4 heteroatoms. The van der Waals surface area contributed by atoms with Gasteiger partial charge in [-0.2, -0.15) is 0 Å². The summed E-state index contributed by atoms with van der Waals surface area (Å²) in [6.45, 7) is 1.64. The molecule has 1 amide bonds. The minimum atomic E-state index is -0.450. The summed E-state index contributed by atoms with van der Waals surface area (Å²) < 4.78 is 13.1. The van der Waals surface area contributed by atoms with E-state index in [0.29, 0.717) is 5.69 Å². The van der Waals surface area contributed by atoms with Crippen LogP contribution in [0.25, 0.3) is 0 Å². The van der Waals surface area contributed by atoms with E-state index < -0.39 is 5.82 Å². The minimum absolute atomic E-state index is 0.197. The molecule has 106 valence electrons. The van der Waals surface area contributed by atoms with Gasteiger partial charge in [-0.15, -0.1) is 0 Å². The Balaban J connectivity index is 2.18. The number of halogens is 1. The number of anilines is 1. The maximum Gasteiger partial charge on any atom is 0.255 e. The standard InChI is InChI=1S/C17H14FNO2/c1-12-10-13(4-3-9-20)7-8-16(12)19-17(21)14-5-2-6-15(18)11-14/h2,5-8,10-11,20H,9H2,1H3,(H,19,21). The van der Waals surface area contributed by atoms with Gasteiger partial charge in [-0.3, -0.25) is 4.79 Å². The van der Waals surface area contributed by atoms with Crippen LogP contribution in [0.5, 0.6) is 0 Å². The average Bonchev–Trinajstić information content (AvgIpc) is 2.47. The number of aliphatic hydroxyl groups is 1. The van der Waals surface area contributed by atoms with Crippen molar-refractivity contribution < 1.29 is 14.3 Å². The molecule has 2 aromatic carbocycles. The molecule has 0 aliphatic carbocycles. The van der Waals surface area contributed by atoms with E-state index in [1.165, 1.54) is 18.2 Å². The molecular formula is C17H14FNO2. The third kappa shape index (κ3) is 3.91. The Labute approximate surface area is 122 Å². The number of carbonyl (C=O) groups is 1. The number of amides is 1. The van der Waals surface area contributed by atoms with Crippen molar-refractivity contribution in [3.8, 4) is 11.8 Å². The van der Waals surface area contributed by atoms with Gasteiger partial charge in [-0.05, 0) is 48.9 Å². The van der Waals surface area contributed by atoms with Crippen molar-refractivity contribution in [3.63, 3.8) is 0 Å². The molecule has 0 fully saturated rings. The van der Waals surface area contributed by atoms with Crippen LogP contribution in [0, 0.1) is 24.6 Å². The number of benzene rings is 2. The van der Waals surface area contributed by atoms with Crippen molar-refractivity contribution in [3.05, 3.63) is 65.0 Å². The SMILES string of the molecule is Cc1cc(C#CCO)ccc1NC(=O)c1cccc(F)c1. The molecule has 0 atom stereocenters. The Kier molecular flexibility index (Phi) is 4.70. The van der Waals surface area contributed by atoms with Crippen LogP contribution in [-0.4, -0.2) is 17.6 Å². The molecule has 0 aliphatic rings. The zero-order valence-electron chi connectivity index (χ0n) is 11.5. The smallest absolute Gasteiger partial charge is 0.255 e. The zero-order chi connectivity index (χ0) is 15.2. The third-order valence-corrected chi connectivity index (χ3v) is 2.87. The molecule has 0 bridgehead atoms. The third-order valence-electron chi connectivity index (χ3n) is 2.87. The molecule has 0 aliphatic heterocycles. The first-order valence-corrected chi connectivity index (χ1v) is 6.37. The summed E-state index contributed by atoms with van der Waals surface area (Å²) in [7, 11) is 0. The van der Waals surface area contributed by atoms with Crippen molar-refractivity contribution in [2.45, 2.75) is 6.92 Å². The summed E-state index contributed by atoms with van der Waals surface area (Å²) >= 11 is 0. The maximum atomic E-state index is 13.1. The number of rotatable bonds is 2. The van der Waals surface area contributed by atoms with Gasteiger partial charge in [-0.25, -0.2) is 4.39 Å². The molecule has 0 aromatic heterocycles. The Bertz CT molecular complexity index is 729. The lowest BCUT2D eigenvalue weighted by Gasteiger charge is -2.09. The monoisotopic (exact) mass is 283 g/mol. The number of nitrogens with one attached hydrogen (secondary N) is 1. The molecule has 0 radical (unpaired) electrons. The average molecular weight is 283 g/mol. The quantitative estimate of drug-likeness (QED) is 0.833. The maximum absolute atomic E-state index is 13.1. The largest absolute Gasteiger partial charge is 0.384 e. The van der Waals surface area contributed by atoms with Crippen molar-refractivity contribution in [1.29, 1.82) is 0 Å². The van der Waals surface area contributed by atoms with Crippen LogP contribution in [0.15, 0.2) is 42.5 Å². The molecule has 0 heterocycles. The van der Waals surface area contributed by atoms with Crippen molar-refractivity contribution in [2.75, 3.05) is 11.9 Å². The van der Waals surface area contributed by atoms with Crippen LogP contribution in [0.2, 0.25) is 0 Å². The van der Waals surface area contributed by atoms with Gasteiger partial charge in [-0.1, -0.05) is 17.9 Å². The summed E-state index contributed by atoms with van der Waals surface area (Å²) in [5.74, 6) is 4.53. The van der Waals surface area contributed by atoms with E-state index in [0.717, 1.165) is 11.1 Å². The van der Waals surface area contributed by atoms with E-state index in [2.05, 4.69) is 17.2 Å². The molecule has 2 rings (SSSR count). The summed E-state index contributed by atoms with van der Waals surface area (Å²) in [4.78, 5) is 12.0. The summed E-state index contributed by atoms with van der Waals surface area (Å²) in [5.41, 5.74) is 2.49. The van der Waals surface area contributed by atoms with Crippen LogP contribution in [-0.2, 0) is 0 Å². The number of carbonyl (C=O) groups excluding carboxylic acids is 1. The van der Waals surface area contributed by atoms with Crippen LogP contribution in [0.3, 0.4) is 0 Å². The van der Waals surface area contributed by atoms with Gasteiger partial charge in [0.25, 0.3) is 5.91 Å². The Morgan fingerprint density at radius 1 is 1.29 bits per heavy atom. The fraction of sp³-hybridized carbons (Fsp3) is 0.118. The molecule has 0 spiro atoms. The van der Waals surface area contributed by atoms with Gasteiger partial charge in [0.05, 0.1) is 0 Å². The second-order valence-electron chi connectivity index (χ2n) is 4.45. The predicted octanol–water partition coefficient (Wildman–Crippen LogP) is 2.73. The molecule has 0 saturated heterocycles. The lowest BCUT2D eigenvalue weighted by molar-refractivity contribution is 0.102. The van der Waals surface area contributed by atoms with Crippen molar-refractivity contribution in [1.82, 2.24) is 0 Å². The van der Waals surface area contributed by atoms with E-state index in [9.17, 15) is 9.18 Å². The number of aliphatic hydroxyl groups excluding tert-OH is 1. The predicted molar refractivity (Wildman–Crippen MR) is 79.5 cm³/mol. The topological polar surface area (TPSA) is 49.3 Å². The van der Waals surface area contributed by atoms with Gasteiger partial charge in [0.2, 0.25) is 0 Å². The molecule has 2 aromatic rings. The Hall–Kier alpha value is -2.64. The van der Waals surface area contributed by atoms with Crippen molar-refractivity contribution >= 4 is 11.6 Å². The second kappa shape index (κ2) is 6.69. The highest BCUT2D eigenvalue weighted by Crippen LogP contribution is 2.17. The van der Waals surface area contributed by atoms with Crippen LogP contribution < -0.4 is 5.32 Å². The highest BCUT2D eigenvalue weighted by molar-refractivity contribution is 6.04. The van der Waals surface area contributed by atoms with Gasteiger partial charge >= 0.3 is 0 Å². The highest BCUT2D eigenvalue weighted by Gasteiger charge is 2.08. The fourth-order valence-corrected chi connectivity index (χ4v) is 1.85. The van der Waals surface area contributed by atoms with Gasteiger partial charge in [0, 0.05) is 16.8 Å². The first kappa shape index (κ1) is 14.8. The fourth-order valence-electron chi connectivity index (χ4n) is 1.85. The first-order chi connectivity index (χ1) is 10.1.